The van der Waals surface area contributed by atoms with Crippen LogP contribution < -0.4 is 10.2 Å². The van der Waals surface area contributed by atoms with Crippen molar-refractivity contribution in [2.24, 2.45) is 0 Å². The van der Waals surface area contributed by atoms with Crippen molar-refractivity contribution in [3.8, 4) is 0 Å². The van der Waals surface area contributed by atoms with E-state index in [1.54, 1.807) is 18.0 Å². The molecule has 1 rings (SSSR count). The first kappa shape index (κ1) is 13.0. The maximum Gasteiger partial charge on any atom is 0.354 e. The van der Waals surface area contributed by atoms with E-state index < -0.39 is 5.97 Å². The van der Waals surface area contributed by atoms with Crippen LogP contribution in [0.1, 0.15) is 17.4 Å². The fourth-order valence-corrected chi connectivity index (χ4v) is 1.34. The number of amides is 1. The number of aromatic carboxylic acids is 1. The standard InChI is InChI=1S/C11H15N3O3/c1-3-14(7-10(15)12-2)8-4-5-9(11(16)17)13-6-8/h4-6H,3,7H2,1-2H3,(H,12,15)(H,16,17). The van der Waals surface area contributed by atoms with E-state index in [1.807, 2.05) is 6.92 Å². The minimum atomic E-state index is -1.06. The molecule has 0 aliphatic carbocycles. The lowest BCUT2D eigenvalue weighted by Crippen LogP contribution is -2.35. The van der Waals surface area contributed by atoms with Gasteiger partial charge in [-0.1, -0.05) is 0 Å². The molecule has 17 heavy (non-hydrogen) atoms. The van der Waals surface area contributed by atoms with Crippen LogP contribution in [0.25, 0.3) is 0 Å². The molecule has 0 aliphatic rings. The summed E-state index contributed by atoms with van der Waals surface area (Å²) in [7, 11) is 1.57. The predicted octanol–water partition coefficient (Wildman–Crippen LogP) is 0.352. The molecule has 0 unspecified atom stereocenters. The zero-order valence-corrected chi connectivity index (χ0v) is 9.80. The summed E-state index contributed by atoms with van der Waals surface area (Å²) in [5.41, 5.74) is 0.714. The summed E-state index contributed by atoms with van der Waals surface area (Å²) >= 11 is 0. The number of carboxylic acid groups (broad SMARTS) is 1. The van der Waals surface area contributed by atoms with Crippen LogP contribution in [0, 0.1) is 0 Å². The van der Waals surface area contributed by atoms with Crippen LogP contribution in [0.2, 0.25) is 0 Å². The molecule has 92 valence electrons. The second kappa shape index (κ2) is 5.83. The van der Waals surface area contributed by atoms with Gasteiger partial charge in [0.1, 0.15) is 5.69 Å². The van der Waals surface area contributed by atoms with Crippen LogP contribution >= 0.6 is 0 Å². The third kappa shape index (κ3) is 3.44. The summed E-state index contributed by atoms with van der Waals surface area (Å²) in [4.78, 5) is 27.5. The molecule has 0 fully saturated rings. The van der Waals surface area contributed by atoms with Crippen molar-refractivity contribution in [1.29, 1.82) is 0 Å². The number of rotatable bonds is 5. The lowest BCUT2D eigenvalue weighted by atomic mass is 10.3. The zero-order valence-electron chi connectivity index (χ0n) is 9.80. The fraction of sp³-hybridized carbons (Fsp3) is 0.364. The van der Waals surface area contributed by atoms with E-state index in [0.717, 1.165) is 5.69 Å². The summed E-state index contributed by atoms with van der Waals surface area (Å²) < 4.78 is 0. The number of carbonyl (C=O) groups is 2. The number of aromatic nitrogens is 1. The van der Waals surface area contributed by atoms with E-state index in [0.29, 0.717) is 6.54 Å². The highest BCUT2D eigenvalue weighted by atomic mass is 16.4. The van der Waals surface area contributed by atoms with Crippen molar-refractivity contribution >= 4 is 17.6 Å². The summed E-state index contributed by atoms with van der Waals surface area (Å²) in [6.45, 7) is 2.77. The molecule has 2 N–H and O–H groups in total. The Hall–Kier alpha value is -2.11. The van der Waals surface area contributed by atoms with Gasteiger partial charge in [-0.3, -0.25) is 4.79 Å². The number of hydrogen-bond donors (Lipinski definition) is 2. The smallest absolute Gasteiger partial charge is 0.354 e. The molecule has 0 radical (unpaired) electrons. The first-order valence-corrected chi connectivity index (χ1v) is 5.23. The molecule has 0 saturated heterocycles. The van der Waals surface area contributed by atoms with Crippen LogP contribution in [0.4, 0.5) is 5.69 Å². The predicted molar refractivity (Wildman–Crippen MR) is 63.2 cm³/mol. The van der Waals surface area contributed by atoms with Gasteiger partial charge in [-0.15, -0.1) is 0 Å². The molecular weight excluding hydrogens is 222 g/mol. The Morgan fingerprint density at radius 3 is 2.59 bits per heavy atom. The van der Waals surface area contributed by atoms with Gasteiger partial charge >= 0.3 is 5.97 Å². The normalized spacial score (nSPS) is 9.76. The number of nitrogens with one attached hydrogen (secondary N) is 1. The molecule has 6 heteroatoms. The summed E-state index contributed by atoms with van der Waals surface area (Å²) in [5, 5.41) is 11.2. The highest BCUT2D eigenvalue weighted by Gasteiger charge is 2.10. The Kier molecular flexibility index (Phi) is 4.45. The number of pyridine rings is 1. The first-order chi connectivity index (χ1) is 8.08. The van der Waals surface area contributed by atoms with E-state index in [4.69, 9.17) is 5.11 Å². The first-order valence-electron chi connectivity index (χ1n) is 5.23. The lowest BCUT2D eigenvalue weighted by molar-refractivity contribution is -0.119. The molecule has 1 amide bonds. The zero-order chi connectivity index (χ0) is 12.8. The average molecular weight is 237 g/mol. The highest BCUT2D eigenvalue weighted by molar-refractivity contribution is 5.85. The van der Waals surface area contributed by atoms with Crippen molar-refractivity contribution < 1.29 is 14.7 Å². The van der Waals surface area contributed by atoms with E-state index in [9.17, 15) is 9.59 Å². The molecule has 0 bridgehead atoms. The SMILES string of the molecule is CCN(CC(=O)NC)c1ccc(C(=O)O)nc1. The van der Waals surface area contributed by atoms with E-state index in [-0.39, 0.29) is 18.1 Å². The van der Waals surface area contributed by atoms with Crippen LogP contribution in [-0.4, -0.2) is 42.1 Å². The largest absolute Gasteiger partial charge is 0.477 e. The second-order valence-corrected chi connectivity index (χ2v) is 3.39. The van der Waals surface area contributed by atoms with Crippen molar-refractivity contribution in [2.45, 2.75) is 6.92 Å². The third-order valence-corrected chi connectivity index (χ3v) is 2.33. The number of carbonyl (C=O) groups excluding carboxylic acids is 1. The molecule has 1 aromatic rings. The Morgan fingerprint density at radius 2 is 2.18 bits per heavy atom. The number of hydrogen-bond acceptors (Lipinski definition) is 4. The van der Waals surface area contributed by atoms with E-state index in [2.05, 4.69) is 10.3 Å². The van der Waals surface area contributed by atoms with Gasteiger partial charge in [0.15, 0.2) is 0 Å². The number of likely N-dealkylation sites (N-methyl/N-ethyl adjacent to an activating group) is 2. The molecule has 0 spiro atoms. The summed E-state index contributed by atoms with van der Waals surface area (Å²) in [5.74, 6) is -1.17. The topological polar surface area (TPSA) is 82.5 Å². The summed E-state index contributed by atoms with van der Waals surface area (Å²) in [6.07, 6.45) is 1.45. The van der Waals surface area contributed by atoms with Gasteiger partial charge in [0.2, 0.25) is 5.91 Å². The molecule has 0 aliphatic heterocycles. The van der Waals surface area contributed by atoms with Crippen LogP contribution in [-0.2, 0) is 4.79 Å². The second-order valence-electron chi connectivity index (χ2n) is 3.39. The molecule has 0 aromatic carbocycles. The average Bonchev–Trinajstić information content (AvgIpc) is 2.35. The van der Waals surface area contributed by atoms with Gasteiger partial charge in [-0.05, 0) is 19.1 Å². The van der Waals surface area contributed by atoms with Gasteiger partial charge in [-0.2, -0.15) is 0 Å². The molecule has 1 heterocycles. The molecule has 6 nitrogen and oxygen atoms in total. The van der Waals surface area contributed by atoms with Crippen LogP contribution in [0.15, 0.2) is 18.3 Å². The lowest BCUT2D eigenvalue weighted by Gasteiger charge is -2.21. The number of anilines is 1. The molecule has 1 aromatic heterocycles. The number of nitrogens with zero attached hydrogens (tertiary/aromatic N) is 2. The maximum absolute atomic E-state index is 11.3. The van der Waals surface area contributed by atoms with E-state index in [1.165, 1.54) is 12.3 Å². The van der Waals surface area contributed by atoms with Crippen LogP contribution in [0.5, 0.6) is 0 Å². The van der Waals surface area contributed by atoms with Gasteiger partial charge in [0.05, 0.1) is 18.4 Å². The Morgan fingerprint density at radius 1 is 1.47 bits per heavy atom. The third-order valence-electron chi connectivity index (χ3n) is 2.33. The Bertz CT molecular complexity index is 403. The monoisotopic (exact) mass is 237 g/mol. The van der Waals surface area contributed by atoms with Gasteiger partial charge in [0.25, 0.3) is 0 Å². The van der Waals surface area contributed by atoms with Gasteiger partial charge in [0, 0.05) is 13.6 Å². The minimum Gasteiger partial charge on any atom is -0.477 e. The molecule has 0 saturated carbocycles. The molecular formula is C11H15N3O3. The van der Waals surface area contributed by atoms with Crippen molar-refractivity contribution in [3.63, 3.8) is 0 Å². The summed E-state index contributed by atoms with van der Waals surface area (Å²) in [6, 6.07) is 3.06. The number of carboxylic acids is 1. The van der Waals surface area contributed by atoms with Gasteiger partial charge in [-0.25, -0.2) is 9.78 Å². The fourth-order valence-electron chi connectivity index (χ4n) is 1.34. The van der Waals surface area contributed by atoms with Crippen molar-refractivity contribution in [2.75, 3.05) is 25.0 Å². The highest BCUT2D eigenvalue weighted by Crippen LogP contribution is 2.12. The quantitative estimate of drug-likeness (QED) is 0.772. The Balaban J connectivity index is 2.82. The maximum atomic E-state index is 11.3. The van der Waals surface area contributed by atoms with Crippen molar-refractivity contribution in [1.82, 2.24) is 10.3 Å². The molecule has 0 atom stereocenters. The van der Waals surface area contributed by atoms with Gasteiger partial charge < -0.3 is 15.3 Å². The minimum absolute atomic E-state index is 0.00949. The Labute approximate surface area is 99.3 Å². The van der Waals surface area contributed by atoms with E-state index >= 15 is 0 Å². The van der Waals surface area contributed by atoms with Crippen molar-refractivity contribution in [3.05, 3.63) is 24.0 Å². The van der Waals surface area contributed by atoms with Crippen LogP contribution in [0.3, 0.4) is 0 Å².